The van der Waals surface area contributed by atoms with Crippen molar-refractivity contribution in [3.63, 3.8) is 0 Å². The number of fused-ring (bicyclic) bond motifs is 1. The Morgan fingerprint density at radius 2 is 1.96 bits per heavy atom. The maximum Gasteiger partial charge on any atom is 0.232 e. The van der Waals surface area contributed by atoms with Crippen LogP contribution in [0.5, 0.6) is 0 Å². The summed E-state index contributed by atoms with van der Waals surface area (Å²) in [5, 5.41) is 8.78. The highest BCUT2D eigenvalue weighted by Gasteiger charge is 2.23. The molecule has 4 rings (SSSR count). The van der Waals surface area contributed by atoms with Gasteiger partial charge in [0.15, 0.2) is 11.2 Å². The average Bonchev–Trinajstić information content (AvgIpc) is 3.09. The highest BCUT2D eigenvalue weighted by atomic mass is 32.2. The molecule has 2 aromatic heterocycles. The Bertz CT molecular complexity index is 920. The molecule has 0 aliphatic carbocycles. The van der Waals surface area contributed by atoms with E-state index in [1.54, 1.807) is 11.7 Å². The molecule has 0 atom stereocenters. The van der Waals surface area contributed by atoms with Gasteiger partial charge in [0, 0.05) is 20.1 Å². The van der Waals surface area contributed by atoms with E-state index in [0.717, 1.165) is 32.4 Å². The fraction of sp³-hybridized carbons (Fsp3) is 0.421. The van der Waals surface area contributed by atoms with Gasteiger partial charge in [0.05, 0.1) is 5.75 Å². The van der Waals surface area contributed by atoms with Crippen LogP contribution in [-0.4, -0.2) is 54.6 Å². The van der Waals surface area contributed by atoms with Crippen molar-refractivity contribution in [3.05, 3.63) is 42.2 Å². The summed E-state index contributed by atoms with van der Waals surface area (Å²) in [5.41, 5.74) is 2.72. The summed E-state index contributed by atoms with van der Waals surface area (Å²) >= 11 is 1.41. The van der Waals surface area contributed by atoms with Gasteiger partial charge in [0.1, 0.15) is 11.4 Å². The van der Waals surface area contributed by atoms with Crippen LogP contribution < -0.4 is 0 Å². The number of hydrogen-bond acceptors (Lipinski definition) is 6. The van der Waals surface area contributed by atoms with Crippen molar-refractivity contribution < 1.29 is 4.79 Å². The van der Waals surface area contributed by atoms with E-state index in [2.05, 4.69) is 50.6 Å². The first-order chi connectivity index (χ1) is 13.2. The van der Waals surface area contributed by atoms with Gasteiger partial charge < -0.3 is 4.90 Å². The summed E-state index contributed by atoms with van der Waals surface area (Å²) in [7, 11) is 1.79. The number of thioether (sulfide) groups is 1. The number of rotatable bonds is 5. The Labute approximate surface area is 162 Å². The van der Waals surface area contributed by atoms with Gasteiger partial charge in [-0.1, -0.05) is 47.3 Å². The van der Waals surface area contributed by atoms with Crippen molar-refractivity contribution >= 4 is 28.8 Å². The second-order valence-electron chi connectivity index (χ2n) is 6.87. The molecule has 3 heterocycles. The SMILES string of the molecule is Cn1nnc2c(SCC(=O)N3CCC(Cc4ccccc4)CC3)ncnc21. The minimum atomic E-state index is 0.161. The molecular weight excluding hydrogens is 360 g/mol. The molecule has 8 heteroatoms. The van der Waals surface area contributed by atoms with Crippen LogP contribution in [0.1, 0.15) is 18.4 Å². The Morgan fingerprint density at radius 1 is 1.19 bits per heavy atom. The lowest BCUT2D eigenvalue weighted by Crippen LogP contribution is -2.39. The van der Waals surface area contributed by atoms with E-state index >= 15 is 0 Å². The number of likely N-dealkylation sites (tertiary alicyclic amines) is 1. The van der Waals surface area contributed by atoms with E-state index in [1.807, 2.05) is 4.90 Å². The minimum Gasteiger partial charge on any atom is -0.342 e. The number of amides is 1. The summed E-state index contributed by atoms with van der Waals surface area (Å²) in [6, 6.07) is 10.6. The van der Waals surface area contributed by atoms with Crippen LogP contribution in [0.15, 0.2) is 41.7 Å². The second-order valence-corrected chi connectivity index (χ2v) is 7.83. The third kappa shape index (κ3) is 4.10. The molecule has 0 bridgehead atoms. The summed E-state index contributed by atoms with van der Waals surface area (Å²) < 4.78 is 1.61. The number of nitrogens with zero attached hydrogens (tertiary/aromatic N) is 6. The molecule has 0 spiro atoms. The van der Waals surface area contributed by atoms with Gasteiger partial charge in [-0.2, -0.15) is 0 Å². The summed E-state index contributed by atoms with van der Waals surface area (Å²) in [6.07, 6.45) is 4.72. The Kier molecular flexibility index (Phi) is 5.33. The zero-order chi connectivity index (χ0) is 18.6. The van der Waals surface area contributed by atoms with Crippen LogP contribution in [0, 0.1) is 5.92 Å². The van der Waals surface area contributed by atoms with Crippen LogP contribution in [0.25, 0.3) is 11.2 Å². The van der Waals surface area contributed by atoms with Gasteiger partial charge in [-0.05, 0) is 30.7 Å². The topological polar surface area (TPSA) is 76.8 Å². The number of carbonyl (C=O) groups excluding carboxylic acids is 1. The largest absolute Gasteiger partial charge is 0.342 e. The van der Waals surface area contributed by atoms with Gasteiger partial charge in [0.25, 0.3) is 0 Å². The molecule has 0 saturated carbocycles. The first-order valence-electron chi connectivity index (χ1n) is 9.15. The van der Waals surface area contributed by atoms with Crippen LogP contribution in [0.2, 0.25) is 0 Å². The molecule has 1 aliphatic rings. The maximum atomic E-state index is 12.6. The van der Waals surface area contributed by atoms with Gasteiger partial charge in [-0.15, -0.1) is 5.10 Å². The van der Waals surface area contributed by atoms with E-state index in [4.69, 9.17) is 0 Å². The van der Waals surface area contributed by atoms with Crippen LogP contribution in [0.4, 0.5) is 0 Å². The summed E-state index contributed by atoms with van der Waals surface area (Å²) in [4.78, 5) is 23.0. The molecule has 0 N–H and O–H groups in total. The fourth-order valence-electron chi connectivity index (χ4n) is 3.49. The molecule has 1 saturated heterocycles. The van der Waals surface area contributed by atoms with Crippen molar-refractivity contribution in [3.8, 4) is 0 Å². The average molecular weight is 382 g/mol. The lowest BCUT2D eigenvalue weighted by atomic mass is 9.90. The fourth-order valence-corrected chi connectivity index (χ4v) is 4.33. The second kappa shape index (κ2) is 8.04. The zero-order valence-electron chi connectivity index (χ0n) is 15.3. The quantitative estimate of drug-likeness (QED) is 0.498. The first kappa shape index (κ1) is 17.9. The predicted molar refractivity (Wildman–Crippen MR) is 104 cm³/mol. The Morgan fingerprint density at radius 3 is 2.74 bits per heavy atom. The molecule has 140 valence electrons. The molecule has 1 amide bonds. The van der Waals surface area contributed by atoms with E-state index in [1.165, 1.54) is 23.7 Å². The highest BCUT2D eigenvalue weighted by molar-refractivity contribution is 8.00. The third-order valence-electron chi connectivity index (χ3n) is 5.02. The highest BCUT2D eigenvalue weighted by Crippen LogP contribution is 2.25. The number of aryl methyl sites for hydroxylation is 1. The van der Waals surface area contributed by atoms with Crippen molar-refractivity contribution in [1.29, 1.82) is 0 Å². The first-order valence-corrected chi connectivity index (χ1v) is 10.1. The van der Waals surface area contributed by atoms with Crippen molar-refractivity contribution in [2.45, 2.75) is 24.3 Å². The number of piperidine rings is 1. The van der Waals surface area contributed by atoms with Crippen LogP contribution >= 0.6 is 11.8 Å². The van der Waals surface area contributed by atoms with E-state index in [9.17, 15) is 4.79 Å². The lowest BCUT2D eigenvalue weighted by molar-refractivity contribution is -0.129. The predicted octanol–water partition coefficient (Wildman–Crippen LogP) is 2.33. The van der Waals surface area contributed by atoms with Crippen molar-refractivity contribution in [1.82, 2.24) is 29.9 Å². The monoisotopic (exact) mass is 382 g/mol. The van der Waals surface area contributed by atoms with Crippen molar-refractivity contribution in [2.24, 2.45) is 13.0 Å². The molecule has 1 fully saturated rings. The van der Waals surface area contributed by atoms with Gasteiger partial charge in [-0.25, -0.2) is 14.6 Å². The van der Waals surface area contributed by atoms with E-state index in [0.29, 0.717) is 27.9 Å². The molecule has 27 heavy (non-hydrogen) atoms. The minimum absolute atomic E-state index is 0.161. The number of hydrogen-bond donors (Lipinski definition) is 0. The molecule has 0 unspecified atom stereocenters. The molecule has 7 nitrogen and oxygen atoms in total. The third-order valence-corrected chi connectivity index (χ3v) is 5.99. The van der Waals surface area contributed by atoms with E-state index < -0.39 is 0 Å². The molecule has 0 radical (unpaired) electrons. The normalized spacial score (nSPS) is 15.4. The molecule has 1 aliphatic heterocycles. The van der Waals surface area contributed by atoms with Gasteiger partial charge in [0.2, 0.25) is 5.91 Å². The molecular formula is C19H22N6OS. The molecule has 1 aromatic carbocycles. The zero-order valence-corrected chi connectivity index (χ0v) is 16.1. The van der Waals surface area contributed by atoms with Crippen LogP contribution in [-0.2, 0) is 18.3 Å². The maximum absolute atomic E-state index is 12.6. The van der Waals surface area contributed by atoms with Crippen LogP contribution in [0.3, 0.4) is 0 Å². The Hall–Kier alpha value is -2.48. The number of benzene rings is 1. The summed E-state index contributed by atoms with van der Waals surface area (Å²) in [6.45, 7) is 1.67. The van der Waals surface area contributed by atoms with E-state index in [-0.39, 0.29) is 5.91 Å². The Balaban J connectivity index is 1.29. The molecule has 3 aromatic rings. The van der Waals surface area contributed by atoms with Gasteiger partial charge >= 0.3 is 0 Å². The number of aromatic nitrogens is 5. The smallest absolute Gasteiger partial charge is 0.232 e. The van der Waals surface area contributed by atoms with Crippen molar-refractivity contribution in [2.75, 3.05) is 18.8 Å². The van der Waals surface area contributed by atoms with Gasteiger partial charge in [-0.3, -0.25) is 4.79 Å². The summed E-state index contributed by atoms with van der Waals surface area (Å²) in [5.74, 6) is 1.19. The number of carbonyl (C=O) groups is 1. The lowest BCUT2D eigenvalue weighted by Gasteiger charge is -2.32. The standard InChI is InChI=1S/C19H22N6OS/c1-24-18-17(22-23-24)19(21-13-20-18)27-12-16(26)25-9-7-15(8-10-25)11-14-5-3-2-4-6-14/h2-6,13,15H,7-12H2,1H3.